The lowest BCUT2D eigenvalue weighted by Gasteiger charge is -2.22. The maximum absolute atomic E-state index is 6.40. The van der Waals surface area contributed by atoms with Crippen molar-refractivity contribution in [2.24, 2.45) is 0 Å². The molecule has 0 radical (unpaired) electrons. The van der Waals surface area contributed by atoms with Gasteiger partial charge in [-0.3, -0.25) is 0 Å². The van der Waals surface area contributed by atoms with Crippen LogP contribution in [0.15, 0.2) is 146 Å². The second kappa shape index (κ2) is 25.6. The zero-order chi connectivity index (χ0) is 53.0. The molecule has 4 aliphatic carbocycles. The zero-order valence-corrected chi connectivity index (χ0v) is 45.7. The predicted molar refractivity (Wildman–Crippen MR) is 310 cm³/mol. The van der Waals surface area contributed by atoms with E-state index in [9.17, 15) is 0 Å². The fraction of sp³-hybridized carbons (Fsp3) is 0.391. The molecule has 79 heavy (non-hydrogen) atoms. The van der Waals surface area contributed by atoms with E-state index in [1.54, 1.807) is 0 Å². The molecule has 12 rings (SSSR count). The van der Waals surface area contributed by atoms with E-state index < -0.39 is 0 Å². The molecular formula is C69H74N6O4. The minimum atomic E-state index is 0.0806. The third-order valence-electron chi connectivity index (χ3n) is 17.1. The van der Waals surface area contributed by atoms with Gasteiger partial charge in [0.2, 0.25) is 0 Å². The number of nitrogens with zero attached hydrogens (tertiary/aromatic N) is 6. The quantitative estimate of drug-likeness (QED) is 0.0823. The third kappa shape index (κ3) is 14.2. The summed E-state index contributed by atoms with van der Waals surface area (Å²) in [5.41, 5.74) is 10.2. The molecule has 4 fully saturated rings. The van der Waals surface area contributed by atoms with Crippen molar-refractivity contribution in [1.29, 1.82) is 0 Å². The van der Waals surface area contributed by atoms with Crippen LogP contribution in [0.4, 0.5) is 0 Å². The molecule has 0 unspecified atom stereocenters. The van der Waals surface area contributed by atoms with Gasteiger partial charge in [-0.2, -0.15) is 9.97 Å². The highest BCUT2D eigenvalue weighted by molar-refractivity contribution is 5.38. The largest absolute Gasteiger partial charge is 0.424 e. The van der Waals surface area contributed by atoms with Crippen LogP contribution in [0.25, 0.3) is 0 Å². The van der Waals surface area contributed by atoms with Gasteiger partial charge >= 0.3 is 24.0 Å². The monoisotopic (exact) mass is 1050 g/mol. The van der Waals surface area contributed by atoms with E-state index in [1.807, 2.05) is 36.4 Å². The first-order valence-corrected chi connectivity index (χ1v) is 29.8. The van der Waals surface area contributed by atoms with Crippen molar-refractivity contribution in [2.45, 2.75) is 171 Å². The molecular weight excluding hydrogens is 977 g/mol. The highest BCUT2D eigenvalue weighted by Gasteiger charge is 2.21. The second-order valence-electron chi connectivity index (χ2n) is 22.8. The molecule has 2 aromatic heterocycles. The van der Waals surface area contributed by atoms with Gasteiger partial charge in [0.15, 0.2) is 0 Å². The summed E-state index contributed by atoms with van der Waals surface area (Å²) in [6.07, 6.45) is 27.7. The van der Waals surface area contributed by atoms with E-state index in [0.29, 0.717) is 71.4 Å². The average molecular weight is 1050 g/mol. The van der Waals surface area contributed by atoms with E-state index >= 15 is 0 Å². The van der Waals surface area contributed by atoms with E-state index in [-0.39, 0.29) is 18.0 Å². The Morgan fingerprint density at radius 2 is 0.468 bits per heavy atom. The Morgan fingerprint density at radius 3 is 0.772 bits per heavy atom. The van der Waals surface area contributed by atoms with Gasteiger partial charge in [0, 0.05) is 12.8 Å². The van der Waals surface area contributed by atoms with Crippen LogP contribution in [0.5, 0.6) is 47.0 Å². The standard InChI is InChI=1S/C69H74N6O4/c1-5-13-52(14-6-1)56-29-25-51(26-30-56)47-65-70-64(71-66(72-65)76-61-39-31-57(32-40-61)53-15-7-2-8-16-53)46-50-23-21-48(22-24-50)45-49-27-37-60(38-28-49)77-67-73-68(78-62-41-33-58(34-42-62)54-17-9-3-10-18-54)75-69(74-67)79-63-43-35-59(36-44-63)55-19-11-4-12-20-55/h21-44,52-55H,1-20,45-47H2. The molecule has 0 atom stereocenters. The Hall–Kier alpha value is -7.46. The molecule has 4 saturated carbocycles. The summed E-state index contributed by atoms with van der Waals surface area (Å²) in [6, 6.07) is 51.7. The SMILES string of the molecule is c1cc(Cc2nc(Cc3ccc(C4CCCCC4)cc3)nc(Oc3ccc(C4CCCCC4)cc3)n2)ccc1Cc1ccc(Oc2nc(Oc3ccc(C4CCCCC4)cc3)nc(Oc3ccc(C4CCCCC4)cc3)n2)cc1. The van der Waals surface area contributed by atoms with Gasteiger partial charge in [-0.1, -0.05) is 174 Å². The average Bonchev–Trinajstić information content (AvgIpc) is 3.51. The van der Waals surface area contributed by atoms with Crippen LogP contribution in [0.1, 0.15) is 208 Å². The Balaban J connectivity index is 0.715. The second-order valence-corrected chi connectivity index (χ2v) is 22.8. The van der Waals surface area contributed by atoms with Crippen molar-refractivity contribution in [3.05, 3.63) is 202 Å². The van der Waals surface area contributed by atoms with Crippen molar-refractivity contribution in [2.75, 3.05) is 0 Å². The Bertz CT molecular complexity index is 2820. The number of aromatic nitrogens is 6. The van der Waals surface area contributed by atoms with Crippen molar-refractivity contribution in [3.8, 4) is 47.0 Å². The smallest absolute Gasteiger partial charge is 0.331 e. The summed E-state index contributed by atoms with van der Waals surface area (Å²) >= 11 is 0. The molecule has 2 heterocycles. The first-order valence-electron chi connectivity index (χ1n) is 29.8. The predicted octanol–water partition coefficient (Wildman–Crippen LogP) is 18.2. The maximum atomic E-state index is 6.40. The molecule has 0 spiro atoms. The molecule has 10 nitrogen and oxygen atoms in total. The molecule has 0 bridgehead atoms. The highest BCUT2D eigenvalue weighted by atomic mass is 16.5. The van der Waals surface area contributed by atoms with E-state index in [0.717, 1.165) is 23.3 Å². The number of hydrogen-bond donors (Lipinski definition) is 0. The van der Waals surface area contributed by atoms with Crippen LogP contribution in [0.3, 0.4) is 0 Å². The molecule has 4 aliphatic rings. The molecule has 8 aromatic rings. The topological polar surface area (TPSA) is 114 Å². The molecule has 0 amide bonds. The van der Waals surface area contributed by atoms with Gasteiger partial charge in [0.1, 0.15) is 34.6 Å². The van der Waals surface area contributed by atoms with E-state index in [1.165, 1.54) is 162 Å². The summed E-state index contributed by atoms with van der Waals surface area (Å²) in [5, 5.41) is 0. The van der Waals surface area contributed by atoms with Crippen LogP contribution in [-0.4, -0.2) is 29.9 Å². The van der Waals surface area contributed by atoms with Crippen LogP contribution >= 0.6 is 0 Å². The number of hydrogen-bond acceptors (Lipinski definition) is 10. The first-order chi connectivity index (χ1) is 39.0. The summed E-state index contributed by atoms with van der Waals surface area (Å²) in [7, 11) is 0. The molecule has 0 saturated heterocycles. The van der Waals surface area contributed by atoms with Crippen molar-refractivity contribution in [1.82, 2.24) is 29.9 Å². The van der Waals surface area contributed by atoms with E-state index in [4.69, 9.17) is 33.9 Å². The van der Waals surface area contributed by atoms with Gasteiger partial charge in [0.25, 0.3) is 0 Å². The minimum Gasteiger partial charge on any atom is -0.424 e. The summed E-state index contributed by atoms with van der Waals surface area (Å²) in [5.74, 6) is 6.50. The molecule has 10 heteroatoms. The fourth-order valence-corrected chi connectivity index (χ4v) is 12.7. The fourth-order valence-electron chi connectivity index (χ4n) is 12.7. The van der Waals surface area contributed by atoms with Gasteiger partial charge in [-0.15, -0.1) is 15.0 Å². The highest BCUT2D eigenvalue weighted by Crippen LogP contribution is 2.38. The van der Waals surface area contributed by atoms with Gasteiger partial charge in [-0.25, -0.2) is 4.98 Å². The third-order valence-corrected chi connectivity index (χ3v) is 17.1. The van der Waals surface area contributed by atoms with Gasteiger partial charge < -0.3 is 18.9 Å². The van der Waals surface area contributed by atoms with Crippen LogP contribution < -0.4 is 18.9 Å². The number of ether oxygens (including phenoxy) is 4. The number of benzene rings is 6. The van der Waals surface area contributed by atoms with Crippen LogP contribution in [0, 0.1) is 0 Å². The zero-order valence-electron chi connectivity index (χ0n) is 45.7. The normalized spacial score (nSPS) is 16.8. The van der Waals surface area contributed by atoms with E-state index in [2.05, 4.69) is 124 Å². The molecule has 0 N–H and O–H groups in total. The van der Waals surface area contributed by atoms with Crippen LogP contribution in [0.2, 0.25) is 0 Å². The van der Waals surface area contributed by atoms with Crippen molar-refractivity contribution >= 4 is 0 Å². The Labute approximate surface area is 466 Å². The van der Waals surface area contributed by atoms with Crippen molar-refractivity contribution in [3.63, 3.8) is 0 Å². The van der Waals surface area contributed by atoms with Crippen LogP contribution in [-0.2, 0) is 19.3 Å². The van der Waals surface area contributed by atoms with Crippen molar-refractivity contribution < 1.29 is 18.9 Å². The lowest BCUT2D eigenvalue weighted by Crippen LogP contribution is -2.08. The summed E-state index contributed by atoms with van der Waals surface area (Å²) in [4.78, 5) is 28.6. The maximum Gasteiger partial charge on any atom is 0.331 e. The minimum absolute atomic E-state index is 0.0806. The van der Waals surface area contributed by atoms with Gasteiger partial charge in [-0.05, 0) is 174 Å². The Morgan fingerprint density at radius 1 is 0.241 bits per heavy atom. The van der Waals surface area contributed by atoms with Gasteiger partial charge in [0.05, 0.1) is 0 Å². The lowest BCUT2D eigenvalue weighted by atomic mass is 9.84. The lowest BCUT2D eigenvalue weighted by molar-refractivity contribution is 0.362. The number of rotatable bonds is 18. The Kier molecular flexibility index (Phi) is 16.9. The summed E-state index contributed by atoms with van der Waals surface area (Å²) < 4.78 is 25.2. The first kappa shape index (κ1) is 52.3. The summed E-state index contributed by atoms with van der Waals surface area (Å²) in [6.45, 7) is 0. The molecule has 404 valence electrons. The molecule has 6 aromatic carbocycles. The molecule has 0 aliphatic heterocycles.